The molecule has 1 atom stereocenters. The zero-order valence-electron chi connectivity index (χ0n) is 16.9. The normalized spacial score (nSPS) is 11.9. The lowest BCUT2D eigenvalue weighted by atomic mass is 10.3. The summed E-state index contributed by atoms with van der Waals surface area (Å²) in [6.45, 7) is 2.34. The number of nitrogens with one attached hydrogen (secondary N) is 1. The molecule has 0 unspecified atom stereocenters. The van der Waals surface area contributed by atoms with Crippen molar-refractivity contribution in [3.05, 3.63) is 59.4 Å². The van der Waals surface area contributed by atoms with Crippen LogP contribution in [0, 0.1) is 5.82 Å². The molecule has 0 saturated carbocycles. The van der Waals surface area contributed by atoms with Crippen molar-refractivity contribution in [3.8, 4) is 5.75 Å². The van der Waals surface area contributed by atoms with Crippen LogP contribution in [0.15, 0.2) is 47.8 Å². The molecule has 164 valence electrons. The summed E-state index contributed by atoms with van der Waals surface area (Å²) >= 11 is 7.18. The van der Waals surface area contributed by atoms with Crippen LogP contribution in [0.1, 0.15) is 18.8 Å². The molecule has 0 fully saturated rings. The maximum Gasteiger partial charge on any atom is 0.234 e. The van der Waals surface area contributed by atoms with E-state index in [0.29, 0.717) is 23.3 Å². The quantitative estimate of drug-likeness (QED) is 0.357. The second-order valence-corrected chi connectivity index (χ2v) is 7.77. The number of hydrogen-bond acceptors (Lipinski definition) is 7. The van der Waals surface area contributed by atoms with E-state index in [0.717, 1.165) is 0 Å². The fourth-order valence-corrected chi connectivity index (χ4v) is 3.78. The SMILES string of the molecule is COC[C@@H](C)n1c(COc2ccccc2F)nnc1SCC(=O)Nc1cccnc1Cl. The highest BCUT2D eigenvalue weighted by molar-refractivity contribution is 7.99. The van der Waals surface area contributed by atoms with Gasteiger partial charge in [0.05, 0.1) is 24.1 Å². The molecule has 0 aliphatic heterocycles. The summed E-state index contributed by atoms with van der Waals surface area (Å²) in [4.78, 5) is 16.3. The van der Waals surface area contributed by atoms with Gasteiger partial charge in [0.1, 0.15) is 6.61 Å². The van der Waals surface area contributed by atoms with Gasteiger partial charge in [0.25, 0.3) is 0 Å². The van der Waals surface area contributed by atoms with Crippen molar-refractivity contribution < 1.29 is 18.7 Å². The van der Waals surface area contributed by atoms with E-state index >= 15 is 0 Å². The molecular weight excluding hydrogens is 445 g/mol. The lowest BCUT2D eigenvalue weighted by Gasteiger charge is -2.17. The van der Waals surface area contributed by atoms with Gasteiger partial charge in [-0.3, -0.25) is 9.36 Å². The van der Waals surface area contributed by atoms with Gasteiger partial charge in [-0.1, -0.05) is 35.5 Å². The van der Waals surface area contributed by atoms with Gasteiger partial charge in [0.15, 0.2) is 27.7 Å². The smallest absolute Gasteiger partial charge is 0.234 e. The zero-order valence-corrected chi connectivity index (χ0v) is 18.5. The number of benzene rings is 1. The largest absolute Gasteiger partial charge is 0.483 e. The maximum atomic E-state index is 13.8. The second-order valence-electron chi connectivity index (χ2n) is 6.47. The van der Waals surface area contributed by atoms with E-state index in [4.69, 9.17) is 21.1 Å². The summed E-state index contributed by atoms with van der Waals surface area (Å²) in [5.74, 6) is -0.0294. The Morgan fingerprint density at radius 3 is 2.84 bits per heavy atom. The molecule has 3 rings (SSSR count). The van der Waals surface area contributed by atoms with Crippen LogP contribution in [0.2, 0.25) is 5.15 Å². The van der Waals surface area contributed by atoms with E-state index < -0.39 is 5.82 Å². The number of methoxy groups -OCH3 is 1. The van der Waals surface area contributed by atoms with E-state index in [2.05, 4.69) is 20.5 Å². The highest BCUT2D eigenvalue weighted by Crippen LogP contribution is 2.25. The first kappa shape index (κ1) is 23.0. The van der Waals surface area contributed by atoms with Gasteiger partial charge in [0, 0.05) is 13.3 Å². The molecular formula is C20H21ClFN5O3S. The molecule has 3 aromatic rings. The van der Waals surface area contributed by atoms with Crippen molar-refractivity contribution in [1.29, 1.82) is 0 Å². The van der Waals surface area contributed by atoms with Crippen LogP contribution < -0.4 is 10.1 Å². The molecule has 31 heavy (non-hydrogen) atoms. The van der Waals surface area contributed by atoms with Gasteiger partial charge in [-0.05, 0) is 31.2 Å². The van der Waals surface area contributed by atoms with Gasteiger partial charge in [0.2, 0.25) is 5.91 Å². The lowest BCUT2D eigenvalue weighted by Crippen LogP contribution is -2.18. The van der Waals surface area contributed by atoms with Crippen molar-refractivity contribution in [2.45, 2.75) is 24.7 Å². The Labute approximate surface area is 188 Å². The Bertz CT molecular complexity index is 1040. The first-order chi connectivity index (χ1) is 15.0. The minimum atomic E-state index is -0.459. The Kier molecular flexibility index (Phi) is 8.21. The van der Waals surface area contributed by atoms with E-state index in [9.17, 15) is 9.18 Å². The number of rotatable bonds is 10. The number of hydrogen-bond donors (Lipinski definition) is 1. The van der Waals surface area contributed by atoms with E-state index in [1.165, 1.54) is 30.1 Å². The molecule has 0 radical (unpaired) electrons. The number of aromatic nitrogens is 4. The number of halogens is 2. The van der Waals surface area contributed by atoms with Crippen molar-refractivity contribution in [1.82, 2.24) is 19.7 Å². The molecule has 0 aliphatic rings. The van der Waals surface area contributed by atoms with Crippen LogP contribution >= 0.6 is 23.4 Å². The first-order valence-corrected chi connectivity index (χ1v) is 10.7. The van der Waals surface area contributed by atoms with Crippen LogP contribution in [0.3, 0.4) is 0 Å². The summed E-state index contributed by atoms with van der Waals surface area (Å²) < 4.78 is 26.5. The maximum absolute atomic E-state index is 13.8. The number of thioether (sulfide) groups is 1. The number of pyridine rings is 1. The topological polar surface area (TPSA) is 91.2 Å². The van der Waals surface area contributed by atoms with E-state index in [1.807, 2.05) is 11.5 Å². The van der Waals surface area contributed by atoms with Gasteiger partial charge in [-0.25, -0.2) is 9.37 Å². The predicted molar refractivity (Wildman–Crippen MR) is 116 cm³/mol. The van der Waals surface area contributed by atoms with Crippen molar-refractivity contribution in [2.75, 3.05) is 24.8 Å². The van der Waals surface area contributed by atoms with Crippen LogP contribution in [-0.4, -0.2) is 45.1 Å². The third-order valence-corrected chi connectivity index (χ3v) is 5.39. The summed E-state index contributed by atoms with van der Waals surface area (Å²) in [7, 11) is 1.59. The number of nitrogens with zero attached hydrogens (tertiary/aromatic N) is 4. The highest BCUT2D eigenvalue weighted by atomic mass is 35.5. The monoisotopic (exact) mass is 465 g/mol. The Hall–Kier alpha value is -2.69. The van der Waals surface area contributed by atoms with Crippen molar-refractivity contribution in [3.63, 3.8) is 0 Å². The van der Waals surface area contributed by atoms with Crippen molar-refractivity contribution >= 4 is 35.0 Å². The molecule has 8 nitrogen and oxygen atoms in total. The standard InChI is InChI=1S/C20H21ClFN5O3S/c1-13(10-29-2)27-17(11-30-16-8-4-3-6-14(16)22)25-26-20(27)31-12-18(28)24-15-7-5-9-23-19(15)21/h3-9,13H,10-12H2,1-2H3,(H,24,28)/t13-/m1/s1. The first-order valence-electron chi connectivity index (χ1n) is 9.32. The van der Waals surface area contributed by atoms with Gasteiger partial charge < -0.3 is 14.8 Å². The van der Waals surface area contributed by atoms with Gasteiger partial charge >= 0.3 is 0 Å². The fourth-order valence-electron chi connectivity index (χ4n) is 2.76. The number of ether oxygens (including phenoxy) is 2. The third kappa shape index (κ3) is 6.16. The number of carbonyl (C=O) groups is 1. The minimum absolute atomic E-state index is 0.0139. The number of carbonyl (C=O) groups excluding carboxylic acids is 1. The average molecular weight is 466 g/mol. The number of para-hydroxylation sites is 1. The molecule has 0 aliphatic carbocycles. The summed E-state index contributed by atoms with van der Waals surface area (Å²) in [5, 5.41) is 11.8. The predicted octanol–water partition coefficient (Wildman–Crippen LogP) is 3.98. The Morgan fingerprint density at radius 1 is 1.29 bits per heavy atom. The van der Waals surface area contributed by atoms with Crippen molar-refractivity contribution in [2.24, 2.45) is 0 Å². The molecule has 2 aromatic heterocycles. The summed E-state index contributed by atoms with van der Waals surface area (Å²) in [5.41, 5.74) is 0.433. The molecule has 1 aromatic carbocycles. The fraction of sp³-hybridized carbons (Fsp3) is 0.300. The van der Waals surface area contributed by atoms with Gasteiger partial charge in [-0.2, -0.15) is 0 Å². The minimum Gasteiger partial charge on any atom is -0.483 e. The molecule has 1 N–H and O–H groups in total. The van der Waals surface area contributed by atoms with Crippen LogP contribution in [0.5, 0.6) is 5.75 Å². The summed E-state index contributed by atoms with van der Waals surface area (Å²) in [6, 6.07) is 9.35. The number of anilines is 1. The van der Waals surface area contributed by atoms with Crippen LogP contribution in [-0.2, 0) is 16.1 Å². The average Bonchev–Trinajstić information content (AvgIpc) is 3.16. The van der Waals surface area contributed by atoms with E-state index in [1.54, 1.807) is 31.4 Å². The Balaban J connectivity index is 1.70. The molecule has 2 heterocycles. The zero-order chi connectivity index (χ0) is 22.2. The molecule has 0 saturated heterocycles. The lowest BCUT2D eigenvalue weighted by molar-refractivity contribution is -0.113. The van der Waals surface area contributed by atoms with Gasteiger partial charge in [-0.15, -0.1) is 10.2 Å². The number of amides is 1. The molecule has 0 spiro atoms. The second kappa shape index (κ2) is 11.1. The Morgan fingerprint density at radius 2 is 2.10 bits per heavy atom. The highest BCUT2D eigenvalue weighted by Gasteiger charge is 2.20. The molecule has 0 bridgehead atoms. The third-order valence-electron chi connectivity index (χ3n) is 4.14. The molecule has 1 amide bonds. The summed E-state index contributed by atoms with van der Waals surface area (Å²) in [6.07, 6.45) is 1.54. The van der Waals surface area contributed by atoms with Crippen LogP contribution in [0.4, 0.5) is 10.1 Å². The van der Waals surface area contributed by atoms with E-state index in [-0.39, 0.29) is 35.2 Å². The van der Waals surface area contributed by atoms with Crippen LogP contribution in [0.25, 0.3) is 0 Å². The molecule has 11 heteroatoms.